The fraction of sp³-hybridized carbons (Fsp3) is 0.200. The first kappa shape index (κ1) is 17.2. The van der Waals surface area contributed by atoms with Gasteiger partial charge in [-0.25, -0.2) is 4.79 Å². The van der Waals surface area contributed by atoms with Crippen LogP contribution < -0.4 is 5.63 Å². The van der Waals surface area contributed by atoms with Gasteiger partial charge in [0.05, 0.1) is 11.5 Å². The fourth-order valence-corrected chi connectivity index (χ4v) is 3.23. The molecule has 0 bridgehead atoms. The van der Waals surface area contributed by atoms with Crippen molar-refractivity contribution >= 4 is 28.5 Å². The van der Waals surface area contributed by atoms with Crippen LogP contribution in [-0.2, 0) is 4.79 Å². The third-order valence-electron chi connectivity index (χ3n) is 4.34. The molecule has 0 saturated heterocycles. The van der Waals surface area contributed by atoms with E-state index in [1.807, 2.05) is 43.3 Å². The van der Waals surface area contributed by atoms with E-state index in [0.717, 1.165) is 11.1 Å². The van der Waals surface area contributed by atoms with E-state index in [9.17, 15) is 14.7 Å². The van der Waals surface area contributed by atoms with Crippen LogP contribution in [0.1, 0.15) is 30.4 Å². The van der Waals surface area contributed by atoms with Gasteiger partial charge in [-0.3, -0.25) is 4.79 Å². The molecule has 0 fully saturated rings. The van der Waals surface area contributed by atoms with Crippen LogP contribution in [0.5, 0.6) is 0 Å². The van der Waals surface area contributed by atoms with Crippen LogP contribution in [0.4, 0.5) is 0 Å². The summed E-state index contributed by atoms with van der Waals surface area (Å²) in [5.41, 5.74) is 2.09. The Balaban J connectivity index is 2.50. The molecule has 25 heavy (non-hydrogen) atoms. The molecular weight excluding hydrogens is 340 g/mol. The van der Waals surface area contributed by atoms with Crippen molar-refractivity contribution in [3.8, 4) is 11.1 Å². The van der Waals surface area contributed by atoms with E-state index in [2.05, 4.69) is 0 Å². The van der Waals surface area contributed by atoms with Gasteiger partial charge in [0.1, 0.15) is 5.58 Å². The summed E-state index contributed by atoms with van der Waals surface area (Å²) in [7, 11) is 0. The highest BCUT2D eigenvalue weighted by atomic mass is 35.5. The summed E-state index contributed by atoms with van der Waals surface area (Å²) < 4.78 is 5.42. The number of rotatable bonds is 4. The maximum Gasteiger partial charge on any atom is 0.340 e. The van der Waals surface area contributed by atoms with Gasteiger partial charge in [-0.1, -0.05) is 48.9 Å². The number of halogens is 1. The van der Waals surface area contributed by atoms with Crippen molar-refractivity contribution in [1.29, 1.82) is 0 Å². The number of hydrogen-bond acceptors (Lipinski definition) is 3. The molecule has 0 aliphatic rings. The van der Waals surface area contributed by atoms with Crippen LogP contribution in [0.2, 0.25) is 5.02 Å². The van der Waals surface area contributed by atoms with Gasteiger partial charge in [0.15, 0.2) is 0 Å². The molecule has 128 valence electrons. The predicted octanol–water partition coefficient (Wildman–Crippen LogP) is 5.00. The fourth-order valence-electron chi connectivity index (χ4n) is 3.08. The highest BCUT2D eigenvalue weighted by molar-refractivity contribution is 6.32. The van der Waals surface area contributed by atoms with Gasteiger partial charge >= 0.3 is 11.6 Å². The molecule has 3 rings (SSSR count). The molecule has 1 atom stereocenters. The molecule has 5 heteroatoms. The number of carboxylic acid groups (broad SMARTS) is 1. The number of aryl methyl sites for hydroxylation is 1. The quantitative estimate of drug-likeness (QED) is 0.668. The van der Waals surface area contributed by atoms with E-state index in [1.54, 1.807) is 13.0 Å². The van der Waals surface area contributed by atoms with E-state index >= 15 is 0 Å². The first-order chi connectivity index (χ1) is 11.9. The zero-order valence-electron chi connectivity index (χ0n) is 13.9. The Morgan fingerprint density at radius 1 is 1.24 bits per heavy atom. The van der Waals surface area contributed by atoms with Crippen LogP contribution >= 0.6 is 11.6 Å². The van der Waals surface area contributed by atoms with Crippen molar-refractivity contribution in [3.63, 3.8) is 0 Å². The van der Waals surface area contributed by atoms with Gasteiger partial charge in [-0.05, 0) is 30.5 Å². The molecule has 3 aromatic rings. The number of carboxylic acids is 1. The highest BCUT2D eigenvalue weighted by Gasteiger charge is 2.28. The van der Waals surface area contributed by atoms with Gasteiger partial charge in [-0.15, -0.1) is 0 Å². The van der Waals surface area contributed by atoms with E-state index in [-0.39, 0.29) is 12.0 Å². The lowest BCUT2D eigenvalue weighted by molar-refractivity contribution is -0.138. The first-order valence-electron chi connectivity index (χ1n) is 7.99. The van der Waals surface area contributed by atoms with Crippen molar-refractivity contribution in [2.45, 2.75) is 26.2 Å². The largest absolute Gasteiger partial charge is 0.481 e. The van der Waals surface area contributed by atoms with Gasteiger partial charge < -0.3 is 9.52 Å². The molecule has 0 saturated carbocycles. The summed E-state index contributed by atoms with van der Waals surface area (Å²) in [6, 6.07) is 12.7. The van der Waals surface area contributed by atoms with Crippen molar-refractivity contribution in [1.82, 2.24) is 0 Å². The van der Waals surface area contributed by atoms with Crippen LogP contribution in [0.25, 0.3) is 22.1 Å². The van der Waals surface area contributed by atoms with Gasteiger partial charge in [-0.2, -0.15) is 0 Å². The van der Waals surface area contributed by atoms with E-state index in [4.69, 9.17) is 16.0 Å². The van der Waals surface area contributed by atoms with E-state index in [0.29, 0.717) is 21.6 Å². The van der Waals surface area contributed by atoms with Gasteiger partial charge in [0.2, 0.25) is 0 Å². The molecular formula is C20H17ClO4. The standard InChI is InChI=1S/C20H17ClO4/c1-3-13(19(22)23)18-17(12-7-5-4-6-8-12)14-9-11(2)15(21)10-16(14)25-20(18)24/h4-10,13H,3H2,1-2H3,(H,22,23). The van der Waals surface area contributed by atoms with Crippen molar-refractivity contribution in [2.75, 3.05) is 0 Å². The molecule has 1 heterocycles. The Labute approximate surface area is 149 Å². The van der Waals surface area contributed by atoms with Crippen molar-refractivity contribution in [2.24, 2.45) is 0 Å². The summed E-state index contributed by atoms with van der Waals surface area (Å²) in [6.07, 6.45) is 0.290. The minimum Gasteiger partial charge on any atom is -0.481 e. The topological polar surface area (TPSA) is 67.5 Å². The summed E-state index contributed by atoms with van der Waals surface area (Å²) in [4.78, 5) is 24.4. The number of aliphatic carboxylic acids is 1. The minimum absolute atomic E-state index is 0.176. The summed E-state index contributed by atoms with van der Waals surface area (Å²) in [6.45, 7) is 3.60. The number of carbonyl (C=O) groups is 1. The average molecular weight is 357 g/mol. The maximum atomic E-state index is 12.7. The Morgan fingerprint density at radius 3 is 2.52 bits per heavy atom. The molecule has 0 spiro atoms. The normalized spacial score (nSPS) is 12.3. The SMILES string of the molecule is CCC(C(=O)O)c1c(-c2ccccc2)c2cc(C)c(Cl)cc2oc1=O. The zero-order chi connectivity index (χ0) is 18.1. The highest BCUT2D eigenvalue weighted by Crippen LogP contribution is 2.37. The Bertz CT molecular complexity index is 1010. The second-order valence-electron chi connectivity index (χ2n) is 5.94. The average Bonchev–Trinajstić information content (AvgIpc) is 2.58. The van der Waals surface area contributed by atoms with Crippen LogP contribution in [0.15, 0.2) is 51.7 Å². The first-order valence-corrected chi connectivity index (χ1v) is 8.37. The lowest BCUT2D eigenvalue weighted by atomic mass is 9.88. The maximum absolute atomic E-state index is 12.7. The van der Waals surface area contributed by atoms with Gasteiger partial charge in [0.25, 0.3) is 0 Å². The molecule has 1 N–H and O–H groups in total. The molecule has 0 aliphatic heterocycles. The smallest absolute Gasteiger partial charge is 0.340 e. The van der Waals surface area contributed by atoms with Crippen LogP contribution in [0, 0.1) is 6.92 Å². The lowest BCUT2D eigenvalue weighted by Gasteiger charge is -2.17. The molecule has 0 radical (unpaired) electrons. The Morgan fingerprint density at radius 2 is 1.92 bits per heavy atom. The van der Waals surface area contributed by atoms with E-state index < -0.39 is 17.5 Å². The second kappa shape index (κ2) is 6.73. The second-order valence-corrected chi connectivity index (χ2v) is 6.35. The lowest BCUT2D eigenvalue weighted by Crippen LogP contribution is -2.20. The zero-order valence-corrected chi connectivity index (χ0v) is 14.6. The molecule has 2 aromatic carbocycles. The molecule has 0 amide bonds. The van der Waals surface area contributed by atoms with Crippen molar-refractivity contribution < 1.29 is 14.3 Å². The number of benzene rings is 2. The summed E-state index contributed by atoms with van der Waals surface area (Å²) >= 11 is 6.16. The monoisotopic (exact) mass is 356 g/mol. The number of hydrogen-bond donors (Lipinski definition) is 1. The van der Waals surface area contributed by atoms with Crippen LogP contribution in [0.3, 0.4) is 0 Å². The Kier molecular flexibility index (Phi) is 4.64. The Hall–Kier alpha value is -2.59. The summed E-state index contributed by atoms with van der Waals surface area (Å²) in [5, 5.41) is 10.8. The third kappa shape index (κ3) is 3.05. The summed E-state index contributed by atoms with van der Waals surface area (Å²) in [5.74, 6) is -1.98. The van der Waals surface area contributed by atoms with Crippen LogP contribution in [-0.4, -0.2) is 11.1 Å². The predicted molar refractivity (Wildman–Crippen MR) is 98.3 cm³/mol. The molecule has 1 aromatic heterocycles. The molecule has 4 nitrogen and oxygen atoms in total. The van der Waals surface area contributed by atoms with Crippen molar-refractivity contribution in [3.05, 3.63) is 69.0 Å². The minimum atomic E-state index is -1.04. The van der Waals surface area contributed by atoms with E-state index in [1.165, 1.54) is 0 Å². The number of fused-ring (bicyclic) bond motifs is 1. The third-order valence-corrected chi connectivity index (χ3v) is 4.75. The van der Waals surface area contributed by atoms with Gasteiger partial charge in [0, 0.05) is 22.0 Å². The molecule has 0 aliphatic carbocycles. The molecule has 1 unspecified atom stereocenters.